The summed E-state index contributed by atoms with van der Waals surface area (Å²) in [7, 11) is 0. The third-order valence-electron chi connectivity index (χ3n) is 3.22. The summed E-state index contributed by atoms with van der Waals surface area (Å²) in [5, 5.41) is 12.1. The van der Waals surface area contributed by atoms with E-state index in [1.165, 1.54) is 0 Å². The van der Waals surface area contributed by atoms with Gasteiger partial charge < -0.3 is 10.4 Å². The molecule has 4 nitrogen and oxygen atoms in total. The van der Waals surface area contributed by atoms with Crippen LogP contribution in [0.4, 0.5) is 0 Å². The zero-order chi connectivity index (χ0) is 14.5. The molecule has 1 aromatic carbocycles. The molecular weight excluding hydrogens is 298 g/mol. The second kappa shape index (κ2) is 6.99. The standard InChI is InChI=1S/C14H16ClNO3S/c15-10-6-2-1-5-9(10)12(14(18)19)16-13(17)11-7-3-4-8-20-11/h1-2,5-6,11-12H,3-4,7-8H2,(H,16,17)(H,18,19)/t11?,12-/m1/s1. The van der Waals surface area contributed by atoms with Crippen LogP contribution in [0.25, 0.3) is 0 Å². The fraction of sp³-hybridized carbons (Fsp3) is 0.429. The molecule has 6 heteroatoms. The monoisotopic (exact) mass is 313 g/mol. The van der Waals surface area contributed by atoms with Gasteiger partial charge in [0.05, 0.1) is 5.25 Å². The molecule has 1 heterocycles. The molecule has 1 saturated heterocycles. The lowest BCUT2D eigenvalue weighted by Crippen LogP contribution is -2.40. The second-order valence-corrected chi connectivity index (χ2v) is 6.37. The van der Waals surface area contributed by atoms with E-state index in [4.69, 9.17) is 11.6 Å². The average Bonchev–Trinajstić information content (AvgIpc) is 2.46. The topological polar surface area (TPSA) is 66.4 Å². The number of halogens is 1. The predicted molar refractivity (Wildman–Crippen MR) is 80.1 cm³/mol. The smallest absolute Gasteiger partial charge is 0.330 e. The van der Waals surface area contributed by atoms with Gasteiger partial charge in [0.2, 0.25) is 5.91 Å². The first-order valence-corrected chi connectivity index (χ1v) is 7.91. The van der Waals surface area contributed by atoms with Crippen LogP contribution in [0, 0.1) is 0 Å². The summed E-state index contributed by atoms with van der Waals surface area (Å²) in [5.74, 6) is -0.378. The van der Waals surface area contributed by atoms with Crippen LogP contribution in [-0.4, -0.2) is 28.0 Å². The summed E-state index contributed by atoms with van der Waals surface area (Å²) < 4.78 is 0. The summed E-state index contributed by atoms with van der Waals surface area (Å²) >= 11 is 7.60. The largest absolute Gasteiger partial charge is 0.479 e. The summed E-state index contributed by atoms with van der Waals surface area (Å²) in [6.45, 7) is 0. The Morgan fingerprint density at radius 3 is 2.70 bits per heavy atom. The van der Waals surface area contributed by atoms with Crippen molar-refractivity contribution < 1.29 is 14.7 Å². The molecule has 2 N–H and O–H groups in total. The summed E-state index contributed by atoms with van der Waals surface area (Å²) in [4.78, 5) is 23.5. The minimum Gasteiger partial charge on any atom is -0.479 e. The highest BCUT2D eigenvalue weighted by molar-refractivity contribution is 8.00. The molecule has 0 spiro atoms. The van der Waals surface area contributed by atoms with Crippen LogP contribution in [0.3, 0.4) is 0 Å². The molecule has 1 aliphatic rings. The average molecular weight is 314 g/mol. The van der Waals surface area contributed by atoms with E-state index < -0.39 is 12.0 Å². The van der Waals surface area contributed by atoms with Gasteiger partial charge in [-0.15, -0.1) is 11.8 Å². The molecule has 0 bridgehead atoms. The van der Waals surface area contributed by atoms with Crippen molar-refractivity contribution in [2.24, 2.45) is 0 Å². The molecule has 0 aromatic heterocycles. The van der Waals surface area contributed by atoms with Gasteiger partial charge in [0.25, 0.3) is 0 Å². The van der Waals surface area contributed by atoms with Gasteiger partial charge in [0.1, 0.15) is 0 Å². The fourth-order valence-corrected chi connectivity index (χ4v) is 3.62. The summed E-state index contributed by atoms with van der Waals surface area (Å²) in [6, 6.07) is 5.57. The van der Waals surface area contributed by atoms with Crippen molar-refractivity contribution in [1.82, 2.24) is 5.32 Å². The molecule has 2 rings (SSSR count). The number of nitrogens with one attached hydrogen (secondary N) is 1. The van der Waals surface area contributed by atoms with Crippen molar-refractivity contribution in [2.45, 2.75) is 30.6 Å². The Kier molecular flexibility index (Phi) is 5.31. The minimum absolute atomic E-state index is 0.159. The van der Waals surface area contributed by atoms with Crippen LogP contribution in [0.5, 0.6) is 0 Å². The van der Waals surface area contributed by atoms with Crippen LogP contribution in [0.1, 0.15) is 30.9 Å². The molecule has 0 saturated carbocycles. The lowest BCUT2D eigenvalue weighted by molar-refractivity contribution is -0.142. The molecule has 1 unspecified atom stereocenters. The molecule has 1 fully saturated rings. The molecule has 0 aliphatic carbocycles. The lowest BCUT2D eigenvalue weighted by Gasteiger charge is -2.23. The number of rotatable bonds is 4. The fourth-order valence-electron chi connectivity index (χ4n) is 2.16. The summed E-state index contributed by atoms with van der Waals surface area (Å²) in [5.41, 5.74) is 0.413. The van der Waals surface area contributed by atoms with Crippen LogP contribution in [-0.2, 0) is 9.59 Å². The SMILES string of the molecule is O=C(N[C@@H](C(=O)O)c1ccccc1Cl)C1CCCCS1. The van der Waals surface area contributed by atoms with Gasteiger partial charge in [0, 0.05) is 10.6 Å². The number of carbonyl (C=O) groups excluding carboxylic acids is 1. The Labute approximate surface area is 126 Å². The molecule has 1 amide bonds. The minimum atomic E-state index is -1.10. The van der Waals surface area contributed by atoms with Crippen molar-refractivity contribution in [3.63, 3.8) is 0 Å². The van der Waals surface area contributed by atoms with Gasteiger partial charge in [-0.3, -0.25) is 4.79 Å². The predicted octanol–water partition coefficient (Wildman–Crippen LogP) is 2.87. The number of thioether (sulfide) groups is 1. The van der Waals surface area contributed by atoms with Crippen LogP contribution in [0.15, 0.2) is 24.3 Å². The highest BCUT2D eigenvalue weighted by Gasteiger charge is 2.28. The Hall–Kier alpha value is -1.20. The highest BCUT2D eigenvalue weighted by Crippen LogP contribution is 2.27. The van der Waals surface area contributed by atoms with Crippen LogP contribution < -0.4 is 5.32 Å². The number of amides is 1. The van der Waals surface area contributed by atoms with E-state index in [1.807, 2.05) is 0 Å². The van der Waals surface area contributed by atoms with Crippen molar-refractivity contribution in [1.29, 1.82) is 0 Å². The zero-order valence-electron chi connectivity index (χ0n) is 10.8. The highest BCUT2D eigenvalue weighted by atomic mass is 35.5. The van der Waals surface area contributed by atoms with E-state index in [0.29, 0.717) is 10.6 Å². The van der Waals surface area contributed by atoms with Crippen molar-refractivity contribution in [3.05, 3.63) is 34.9 Å². The molecular formula is C14H16ClNO3S. The first-order chi connectivity index (χ1) is 9.59. The maximum atomic E-state index is 12.2. The number of hydrogen-bond donors (Lipinski definition) is 2. The Morgan fingerprint density at radius 1 is 1.35 bits per heavy atom. The van der Waals surface area contributed by atoms with E-state index in [-0.39, 0.29) is 11.2 Å². The van der Waals surface area contributed by atoms with Gasteiger partial charge in [-0.1, -0.05) is 36.2 Å². The van der Waals surface area contributed by atoms with Crippen LogP contribution in [0.2, 0.25) is 5.02 Å². The Balaban J connectivity index is 2.12. The van der Waals surface area contributed by atoms with Gasteiger partial charge in [-0.05, 0) is 24.7 Å². The molecule has 20 heavy (non-hydrogen) atoms. The number of carboxylic acids is 1. The maximum Gasteiger partial charge on any atom is 0.330 e. The van der Waals surface area contributed by atoms with Crippen LogP contribution >= 0.6 is 23.4 Å². The molecule has 108 valence electrons. The first kappa shape index (κ1) is 15.2. The first-order valence-electron chi connectivity index (χ1n) is 6.49. The Morgan fingerprint density at radius 2 is 2.10 bits per heavy atom. The number of aliphatic carboxylic acids is 1. The van der Waals surface area contributed by atoms with Crippen molar-refractivity contribution in [2.75, 3.05) is 5.75 Å². The third-order valence-corrected chi connectivity index (χ3v) is 4.94. The van der Waals surface area contributed by atoms with E-state index in [2.05, 4.69) is 5.32 Å². The molecule has 2 atom stereocenters. The third kappa shape index (κ3) is 3.67. The lowest BCUT2D eigenvalue weighted by atomic mass is 10.1. The van der Waals surface area contributed by atoms with E-state index in [9.17, 15) is 14.7 Å². The van der Waals surface area contributed by atoms with Gasteiger partial charge in [-0.2, -0.15) is 0 Å². The normalized spacial score (nSPS) is 20.1. The number of benzene rings is 1. The molecule has 1 aromatic rings. The second-order valence-electron chi connectivity index (χ2n) is 4.66. The molecule has 1 aliphatic heterocycles. The quantitative estimate of drug-likeness (QED) is 0.897. The Bertz CT molecular complexity index is 503. The van der Waals surface area contributed by atoms with E-state index in [0.717, 1.165) is 25.0 Å². The number of hydrogen-bond acceptors (Lipinski definition) is 3. The van der Waals surface area contributed by atoms with Gasteiger partial charge in [0.15, 0.2) is 6.04 Å². The van der Waals surface area contributed by atoms with Crippen molar-refractivity contribution in [3.8, 4) is 0 Å². The van der Waals surface area contributed by atoms with E-state index in [1.54, 1.807) is 36.0 Å². The van der Waals surface area contributed by atoms with Gasteiger partial charge >= 0.3 is 5.97 Å². The number of carboxylic acid groups (broad SMARTS) is 1. The molecule has 0 radical (unpaired) electrons. The van der Waals surface area contributed by atoms with Crippen molar-refractivity contribution >= 4 is 35.2 Å². The number of carbonyl (C=O) groups is 2. The van der Waals surface area contributed by atoms with E-state index >= 15 is 0 Å². The zero-order valence-corrected chi connectivity index (χ0v) is 12.4. The summed E-state index contributed by atoms with van der Waals surface area (Å²) in [6.07, 6.45) is 2.92. The maximum absolute atomic E-state index is 12.2. The van der Waals surface area contributed by atoms with Gasteiger partial charge in [-0.25, -0.2) is 4.79 Å².